The second-order valence-corrected chi connectivity index (χ2v) is 8.60. The molecule has 178 valence electrons. The number of anilines is 1. The van der Waals surface area contributed by atoms with E-state index in [9.17, 15) is 20.2 Å². The summed E-state index contributed by atoms with van der Waals surface area (Å²) in [5.41, 5.74) is 2.30. The lowest BCUT2D eigenvalue weighted by Gasteiger charge is -2.14. The highest BCUT2D eigenvalue weighted by molar-refractivity contribution is 9.10. The number of halogens is 2. The highest BCUT2D eigenvalue weighted by atomic mass is 79.9. The van der Waals surface area contributed by atoms with Crippen molar-refractivity contribution >= 4 is 50.9 Å². The highest BCUT2D eigenvalue weighted by Crippen LogP contribution is 2.38. The molecule has 0 heterocycles. The van der Waals surface area contributed by atoms with E-state index in [1.165, 1.54) is 25.3 Å². The standard InChI is InChI=1S/C25H19BrClN3O5/c1-15-6-7-19(12-22(15)27)29-25(31)18(13-28)8-17-10-21(26)24(23(11-17)34-2)35-14-16-4-3-5-20(9-16)30(32)33/h3-12H,14H2,1-2H3,(H,29,31)/b18-8-. The van der Waals surface area contributed by atoms with E-state index in [4.69, 9.17) is 21.1 Å². The molecule has 8 nitrogen and oxygen atoms in total. The van der Waals surface area contributed by atoms with E-state index < -0.39 is 10.8 Å². The summed E-state index contributed by atoms with van der Waals surface area (Å²) in [5, 5.41) is 23.7. The molecule has 0 aliphatic carbocycles. The number of non-ortho nitro benzene ring substituents is 1. The van der Waals surface area contributed by atoms with Crippen molar-refractivity contribution in [2.45, 2.75) is 13.5 Å². The molecular weight excluding hydrogens is 538 g/mol. The van der Waals surface area contributed by atoms with Crippen molar-refractivity contribution in [1.82, 2.24) is 0 Å². The SMILES string of the molecule is COc1cc(/C=C(/C#N)C(=O)Nc2ccc(C)c(Cl)c2)cc(Br)c1OCc1cccc([N+](=O)[O-])c1. The Morgan fingerprint density at radius 3 is 2.69 bits per heavy atom. The van der Waals surface area contributed by atoms with E-state index in [0.29, 0.717) is 37.8 Å². The monoisotopic (exact) mass is 555 g/mol. The molecule has 0 unspecified atom stereocenters. The molecule has 0 fully saturated rings. The first-order chi connectivity index (χ1) is 16.7. The molecule has 0 saturated carbocycles. The fourth-order valence-corrected chi connectivity index (χ4v) is 3.82. The van der Waals surface area contributed by atoms with Crippen LogP contribution in [0.1, 0.15) is 16.7 Å². The second-order valence-electron chi connectivity index (χ2n) is 7.34. The van der Waals surface area contributed by atoms with Crippen LogP contribution in [0.5, 0.6) is 11.5 Å². The van der Waals surface area contributed by atoms with Gasteiger partial charge in [0.15, 0.2) is 11.5 Å². The summed E-state index contributed by atoms with van der Waals surface area (Å²) in [6.45, 7) is 1.91. The molecule has 0 spiro atoms. The zero-order valence-corrected chi connectivity index (χ0v) is 21.0. The van der Waals surface area contributed by atoms with E-state index in [1.54, 1.807) is 42.5 Å². The van der Waals surface area contributed by atoms with Crippen molar-refractivity contribution in [1.29, 1.82) is 5.26 Å². The maximum Gasteiger partial charge on any atom is 0.269 e. The number of nitro groups is 1. The van der Waals surface area contributed by atoms with Gasteiger partial charge in [-0.3, -0.25) is 14.9 Å². The van der Waals surface area contributed by atoms with Crippen LogP contribution in [0.4, 0.5) is 11.4 Å². The number of carbonyl (C=O) groups excluding carboxylic acids is 1. The first-order valence-corrected chi connectivity index (χ1v) is 11.3. The Morgan fingerprint density at radius 2 is 2.03 bits per heavy atom. The predicted molar refractivity (Wildman–Crippen MR) is 137 cm³/mol. The van der Waals surface area contributed by atoms with Crippen LogP contribution < -0.4 is 14.8 Å². The quantitative estimate of drug-likeness (QED) is 0.148. The Labute approximate surface area is 215 Å². The number of rotatable bonds is 8. The van der Waals surface area contributed by atoms with Crippen LogP contribution in [0.25, 0.3) is 6.08 Å². The van der Waals surface area contributed by atoms with Gasteiger partial charge in [0, 0.05) is 22.8 Å². The number of hydrogen-bond donors (Lipinski definition) is 1. The van der Waals surface area contributed by atoms with E-state index in [-0.39, 0.29) is 17.9 Å². The van der Waals surface area contributed by atoms with Crippen LogP contribution in [0, 0.1) is 28.4 Å². The zero-order valence-electron chi connectivity index (χ0n) is 18.7. The summed E-state index contributed by atoms with van der Waals surface area (Å²) in [7, 11) is 1.45. The van der Waals surface area contributed by atoms with Crippen LogP contribution in [0.3, 0.4) is 0 Å². The van der Waals surface area contributed by atoms with Crippen LogP contribution in [0.2, 0.25) is 5.02 Å². The Bertz CT molecular complexity index is 1370. The molecule has 0 aliphatic heterocycles. The number of aryl methyl sites for hydroxylation is 1. The van der Waals surface area contributed by atoms with E-state index in [1.807, 2.05) is 13.0 Å². The third kappa shape index (κ3) is 6.59. The highest BCUT2D eigenvalue weighted by Gasteiger charge is 2.15. The minimum atomic E-state index is -0.589. The van der Waals surface area contributed by atoms with Gasteiger partial charge in [0.1, 0.15) is 18.2 Å². The Kier molecular flexibility index (Phi) is 8.47. The number of nitrogens with one attached hydrogen (secondary N) is 1. The van der Waals surface area contributed by atoms with Crippen LogP contribution in [-0.4, -0.2) is 17.9 Å². The van der Waals surface area contributed by atoms with Crippen LogP contribution in [-0.2, 0) is 11.4 Å². The van der Waals surface area contributed by atoms with Gasteiger partial charge in [-0.05, 0) is 69.9 Å². The molecule has 0 aromatic heterocycles. The maximum atomic E-state index is 12.6. The molecule has 1 amide bonds. The van der Waals surface area contributed by atoms with E-state index >= 15 is 0 Å². The van der Waals surface area contributed by atoms with Gasteiger partial charge in [-0.2, -0.15) is 5.26 Å². The lowest BCUT2D eigenvalue weighted by Crippen LogP contribution is -2.13. The predicted octanol–water partition coefficient (Wildman–Crippen LogP) is 6.45. The second kappa shape index (κ2) is 11.5. The number of hydrogen-bond acceptors (Lipinski definition) is 6. The van der Waals surface area contributed by atoms with Crippen molar-refractivity contribution in [3.05, 3.63) is 96.5 Å². The van der Waals surface area contributed by atoms with Crippen molar-refractivity contribution in [2.24, 2.45) is 0 Å². The van der Waals surface area contributed by atoms with E-state index in [2.05, 4.69) is 21.2 Å². The summed E-state index contributed by atoms with van der Waals surface area (Å²) < 4.78 is 11.8. The summed E-state index contributed by atoms with van der Waals surface area (Å²) in [6.07, 6.45) is 1.42. The molecule has 0 aliphatic rings. The molecule has 35 heavy (non-hydrogen) atoms. The van der Waals surface area contributed by atoms with Gasteiger partial charge in [0.2, 0.25) is 0 Å². The summed E-state index contributed by atoms with van der Waals surface area (Å²) in [4.78, 5) is 23.1. The molecule has 0 bridgehead atoms. The third-order valence-electron chi connectivity index (χ3n) is 4.86. The number of nitro benzene ring substituents is 1. The summed E-state index contributed by atoms with van der Waals surface area (Å²) in [6, 6.07) is 16.4. The minimum Gasteiger partial charge on any atom is -0.493 e. The average Bonchev–Trinajstić information content (AvgIpc) is 2.83. The Balaban J connectivity index is 1.82. The molecule has 0 saturated heterocycles. The van der Waals surface area contributed by atoms with Gasteiger partial charge in [0.05, 0.1) is 16.5 Å². The Morgan fingerprint density at radius 1 is 1.26 bits per heavy atom. The number of carbonyl (C=O) groups is 1. The first-order valence-electron chi connectivity index (χ1n) is 10.1. The number of benzene rings is 3. The fraction of sp³-hybridized carbons (Fsp3) is 0.120. The van der Waals surface area contributed by atoms with Crippen LogP contribution >= 0.6 is 27.5 Å². The molecule has 3 rings (SSSR count). The molecule has 3 aromatic carbocycles. The van der Waals surface area contributed by atoms with Crippen molar-refractivity contribution in [3.8, 4) is 17.6 Å². The van der Waals surface area contributed by atoms with Gasteiger partial charge in [-0.25, -0.2) is 0 Å². The molecule has 0 radical (unpaired) electrons. The van der Waals surface area contributed by atoms with Crippen molar-refractivity contribution < 1.29 is 19.2 Å². The first kappa shape index (κ1) is 25.7. The summed E-state index contributed by atoms with van der Waals surface area (Å²) >= 11 is 9.53. The largest absolute Gasteiger partial charge is 0.493 e. The average molecular weight is 557 g/mol. The van der Waals surface area contributed by atoms with Gasteiger partial charge < -0.3 is 14.8 Å². The lowest BCUT2D eigenvalue weighted by atomic mass is 10.1. The minimum absolute atomic E-state index is 0.0344. The van der Waals surface area contributed by atoms with E-state index in [0.717, 1.165) is 5.56 Å². The number of methoxy groups -OCH3 is 1. The molecule has 1 N–H and O–H groups in total. The normalized spacial score (nSPS) is 10.9. The van der Waals surface area contributed by atoms with Crippen molar-refractivity contribution in [2.75, 3.05) is 12.4 Å². The zero-order chi connectivity index (χ0) is 25.5. The van der Waals surface area contributed by atoms with Gasteiger partial charge in [-0.15, -0.1) is 0 Å². The van der Waals surface area contributed by atoms with Crippen LogP contribution in [0.15, 0.2) is 64.6 Å². The van der Waals surface area contributed by atoms with Gasteiger partial charge >= 0.3 is 0 Å². The lowest BCUT2D eigenvalue weighted by molar-refractivity contribution is -0.384. The third-order valence-corrected chi connectivity index (χ3v) is 5.86. The topological polar surface area (TPSA) is 114 Å². The fourth-order valence-electron chi connectivity index (χ4n) is 3.06. The number of ether oxygens (including phenoxy) is 2. The number of amides is 1. The molecule has 0 atom stereocenters. The molecule has 10 heteroatoms. The number of nitrogens with zero attached hydrogens (tertiary/aromatic N) is 2. The smallest absolute Gasteiger partial charge is 0.269 e. The van der Waals surface area contributed by atoms with Gasteiger partial charge in [0.25, 0.3) is 11.6 Å². The maximum absolute atomic E-state index is 12.6. The summed E-state index contributed by atoms with van der Waals surface area (Å²) in [5.74, 6) is 0.126. The molecular formula is C25H19BrClN3O5. The molecule has 3 aromatic rings. The Hall–Kier alpha value is -3.87. The number of nitriles is 1. The van der Waals surface area contributed by atoms with Gasteiger partial charge in [-0.1, -0.05) is 29.8 Å². The van der Waals surface area contributed by atoms with Crippen molar-refractivity contribution in [3.63, 3.8) is 0 Å².